The Hall–Kier alpha value is -2.53. The van der Waals surface area contributed by atoms with E-state index in [0.717, 1.165) is 10.9 Å². The standard InChI is InChI=1S/C17H14ClNO4/c1-2-12(17(20)21)22-13-9-8-11-15(10-6-4-3-5-7-10)19-23-16(11)14(13)18/h3-9,12H,2H2,1H3,(H,20,21). The van der Waals surface area contributed by atoms with E-state index in [9.17, 15) is 4.79 Å². The fraction of sp³-hybridized carbons (Fsp3) is 0.176. The van der Waals surface area contributed by atoms with Gasteiger partial charge in [0.2, 0.25) is 0 Å². The number of nitrogens with zero attached hydrogens (tertiary/aromatic N) is 1. The number of hydrogen-bond acceptors (Lipinski definition) is 4. The summed E-state index contributed by atoms with van der Waals surface area (Å²) in [6.45, 7) is 1.73. The molecule has 118 valence electrons. The molecule has 3 aromatic rings. The van der Waals surface area contributed by atoms with E-state index in [1.807, 2.05) is 30.3 Å². The first-order valence-electron chi connectivity index (χ1n) is 7.14. The van der Waals surface area contributed by atoms with Gasteiger partial charge in [0.05, 0.1) is 5.39 Å². The summed E-state index contributed by atoms with van der Waals surface area (Å²) >= 11 is 6.30. The number of benzene rings is 2. The van der Waals surface area contributed by atoms with Gasteiger partial charge in [-0.15, -0.1) is 0 Å². The second-order valence-electron chi connectivity index (χ2n) is 5.00. The first-order valence-corrected chi connectivity index (χ1v) is 7.52. The highest BCUT2D eigenvalue weighted by molar-refractivity contribution is 6.36. The van der Waals surface area contributed by atoms with Crippen LogP contribution in [0.15, 0.2) is 47.0 Å². The van der Waals surface area contributed by atoms with Gasteiger partial charge in [0.1, 0.15) is 16.5 Å². The molecule has 0 aliphatic rings. The van der Waals surface area contributed by atoms with Gasteiger partial charge in [-0.25, -0.2) is 4.79 Å². The summed E-state index contributed by atoms with van der Waals surface area (Å²) in [6.07, 6.45) is -0.628. The number of aliphatic carboxylic acids is 1. The topological polar surface area (TPSA) is 72.6 Å². The van der Waals surface area contributed by atoms with Gasteiger partial charge >= 0.3 is 5.97 Å². The van der Waals surface area contributed by atoms with Crippen LogP contribution in [0.2, 0.25) is 5.02 Å². The Morgan fingerprint density at radius 3 is 2.70 bits per heavy atom. The predicted octanol–water partition coefficient (Wildman–Crippen LogP) is 4.39. The molecule has 1 aromatic heterocycles. The molecule has 1 unspecified atom stereocenters. The quantitative estimate of drug-likeness (QED) is 0.750. The van der Waals surface area contributed by atoms with Crippen LogP contribution >= 0.6 is 11.6 Å². The first-order chi connectivity index (χ1) is 11.1. The van der Waals surface area contributed by atoms with E-state index in [2.05, 4.69) is 5.16 Å². The van der Waals surface area contributed by atoms with E-state index in [1.54, 1.807) is 19.1 Å². The van der Waals surface area contributed by atoms with Gasteiger partial charge in [-0.05, 0) is 18.6 Å². The van der Waals surface area contributed by atoms with Crippen LogP contribution in [0.4, 0.5) is 0 Å². The zero-order valence-corrected chi connectivity index (χ0v) is 13.1. The Labute approximate surface area is 137 Å². The van der Waals surface area contributed by atoms with Gasteiger partial charge < -0.3 is 14.4 Å². The smallest absolute Gasteiger partial charge is 0.344 e. The average Bonchev–Trinajstić information content (AvgIpc) is 2.99. The highest BCUT2D eigenvalue weighted by atomic mass is 35.5. The third kappa shape index (κ3) is 2.87. The van der Waals surface area contributed by atoms with Crippen molar-refractivity contribution in [2.45, 2.75) is 19.4 Å². The molecule has 1 N–H and O–H groups in total. The van der Waals surface area contributed by atoms with Crippen molar-refractivity contribution in [1.29, 1.82) is 0 Å². The third-order valence-electron chi connectivity index (χ3n) is 3.51. The highest BCUT2D eigenvalue weighted by Gasteiger charge is 2.21. The molecule has 6 heteroatoms. The summed E-state index contributed by atoms with van der Waals surface area (Å²) in [6, 6.07) is 13.0. The molecule has 0 fully saturated rings. The Bertz CT molecular complexity index is 844. The Kier molecular flexibility index (Phi) is 4.21. The number of carboxylic acids is 1. The van der Waals surface area contributed by atoms with Crippen LogP contribution in [0, 0.1) is 0 Å². The van der Waals surface area contributed by atoms with E-state index >= 15 is 0 Å². The van der Waals surface area contributed by atoms with Crippen molar-refractivity contribution in [3.8, 4) is 17.0 Å². The number of aromatic nitrogens is 1. The highest BCUT2D eigenvalue weighted by Crippen LogP contribution is 2.37. The van der Waals surface area contributed by atoms with Crippen LogP contribution in [0.25, 0.3) is 22.2 Å². The molecule has 0 spiro atoms. The molecule has 0 bridgehead atoms. The zero-order valence-electron chi connectivity index (χ0n) is 12.3. The minimum atomic E-state index is -1.04. The molecule has 5 nitrogen and oxygen atoms in total. The molecule has 2 aromatic carbocycles. The molecule has 0 radical (unpaired) electrons. The lowest BCUT2D eigenvalue weighted by molar-refractivity contribution is -0.145. The minimum Gasteiger partial charge on any atom is -0.479 e. The summed E-state index contributed by atoms with van der Waals surface area (Å²) in [5.41, 5.74) is 1.97. The number of hydrogen-bond donors (Lipinski definition) is 1. The van der Waals surface area contributed by atoms with Crippen LogP contribution in [-0.4, -0.2) is 22.3 Å². The number of halogens is 1. The average molecular weight is 332 g/mol. The zero-order chi connectivity index (χ0) is 16.4. The van der Waals surface area contributed by atoms with Crippen molar-refractivity contribution >= 4 is 28.5 Å². The van der Waals surface area contributed by atoms with Crippen LogP contribution < -0.4 is 4.74 Å². The second-order valence-corrected chi connectivity index (χ2v) is 5.38. The summed E-state index contributed by atoms with van der Waals surface area (Å²) < 4.78 is 10.8. The molecule has 0 saturated carbocycles. The molecule has 0 aliphatic carbocycles. The largest absolute Gasteiger partial charge is 0.479 e. The lowest BCUT2D eigenvalue weighted by atomic mass is 10.1. The summed E-state index contributed by atoms with van der Waals surface area (Å²) in [7, 11) is 0. The van der Waals surface area contributed by atoms with Crippen LogP contribution in [0.5, 0.6) is 5.75 Å². The Morgan fingerprint density at radius 1 is 1.30 bits per heavy atom. The molecule has 3 rings (SSSR count). The van der Waals surface area contributed by atoms with Crippen molar-refractivity contribution in [2.75, 3.05) is 0 Å². The van der Waals surface area contributed by atoms with Gasteiger partial charge in [0.15, 0.2) is 11.7 Å². The van der Waals surface area contributed by atoms with Gasteiger partial charge in [0, 0.05) is 5.56 Å². The van der Waals surface area contributed by atoms with Crippen LogP contribution in [0.1, 0.15) is 13.3 Å². The molecule has 23 heavy (non-hydrogen) atoms. The van der Waals surface area contributed by atoms with Crippen molar-refractivity contribution < 1.29 is 19.2 Å². The van der Waals surface area contributed by atoms with E-state index < -0.39 is 12.1 Å². The number of fused-ring (bicyclic) bond motifs is 1. The van der Waals surface area contributed by atoms with Crippen molar-refractivity contribution in [3.63, 3.8) is 0 Å². The number of carboxylic acid groups (broad SMARTS) is 1. The van der Waals surface area contributed by atoms with Crippen molar-refractivity contribution in [3.05, 3.63) is 47.5 Å². The molecular formula is C17H14ClNO4. The number of carbonyl (C=O) groups is 1. The van der Waals surface area contributed by atoms with E-state index in [0.29, 0.717) is 17.7 Å². The van der Waals surface area contributed by atoms with Gasteiger partial charge in [0.25, 0.3) is 0 Å². The monoisotopic (exact) mass is 331 g/mol. The lowest BCUT2D eigenvalue weighted by Crippen LogP contribution is -2.26. The van der Waals surface area contributed by atoms with Crippen molar-refractivity contribution in [2.24, 2.45) is 0 Å². The SMILES string of the molecule is CCC(Oc1ccc2c(-c3ccccc3)noc2c1Cl)C(=O)O. The van der Waals surface area contributed by atoms with Crippen LogP contribution in [-0.2, 0) is 4.79 Å². The van der Waals surface area contributed by atoms with E-state index in [-0.39, 0.29) is 10.8 Å². The summed E-state index contributed by atoms with van der Waals surface area (Å²) in [5.74, 6) is -0.768. The lowest BCUT2D eigenvalue weighted by Gasteiger charge is -2.14. The fourth-order valence-corrected chi connectivity index (χ4v) is 2.55. The Balaban J connectivity index is 2.03. The van der Waals surface area contributed by atoms with Gasteiger partial charge in [-0.1, -0.05) is 54.0 Å². The molecule has 1 heterocycles. The molecule has 0 saturated heterocycles. The minimum absolute atomic E-state index is 0.219. The van der Waals surface area contributed by atoms with Crippen LogP contribution in [0.3, 0.4) is 0 Å². The fourth-order valence-electron chi connectivity index (χ4n) is 2.31. The second kappa shape index (κ2) is 6.30. The van der Waals surface area contributed by atoms with Gasteiger partial charge in [-0.2, -0.15) is 0 Å². The number of rotatable bonds is 5. The van der Waals surface area contributed by atoms with E-state index in [4.69, 9.17) is 26.0 Å². The summed E-state index contributed by atoms with van der Waals surface area (Å²) in [5, 5.41) is 14.1. The Morgan fingerprint density at radius 2 is 2.04 bits per heavy atom. The molecule has 0 amide bonds. The van der Waals surface area contributed by atoms with E-state index in [1.165, 1.54) is 0 Å². The molecule has 0 aliphatic heterocycles. The third-order valence-corrected chi connectivity index (χ3v) is 3.87. The first kappa shape index (κ1) is 15.4. The molecule has 1 atom stereocenters. The normalized spacial score (nSPS) is 12.3. The maximum Gasteiger partial charge on any atom is 0.344 e. The van der Waals surface area contributed by atoms with Crippen molar-refractivity contribution in [1.82, 2.24) is 5.16 Å². The number of ether oxygens (including phenoxy) is 1. The maximum atomic E-state index is 11.1. The maximum absolute atomic E-state index is 11.1. The summed E-state index contributed by atoms with van der Waals surface area (Å²) in [4.78, 5) is 11.1. The van der Waals surface area contributed by atoms with Gasteiger partial charge in [-0.3, -0.25) is 0 Å². The predicted molar refractivity (Wildman–Crippen MR) is 86.8 cm³/mol. The molecular weight excluding hydrogens is 318 g/mol.